The maximum Gasteiger partial charge on any atom is 0.232 e. The number of rotatable bonds is 1. The number of fused-ring (bicyclic) bond motifs is 1. The topological polar surface area (TPSA) is 55.4 Å². The average molecular weight is 271 g/mol. The SMILES string of the molecule is COc1ccc2c(c1)C13CCCCC1C(C(=O)N3)C2=O. The van der Waals surface area contributed by atoms with Gasteiger partial charge in [-0.05, 0) is 36.6 Å². The van der Waals surface area contributed by atoms with Gasteiger partial charge in [0, 0.05) is 11.5 Å². The number of benzene rings is 1. The van der Waals surface area contributed by atoms with Gasteiger partial charge in [-0.15, -0.1) is 0 Å². The first-order valence-corrected chi connectivity index (χ1v) is 7.22. The van der Waals surface area contributed by atoms with Crippen LogP contribution < -0.4 is 10.1 Å². The van der Waals surface area contributed by atoms with E-state index in [9.17, 15) is 9.59 Å². The molecule has 1 saturated carbocycles. The molecule has 2 aliphatic carbocycles. The second kappa shape index (κ2) is 3.84. The first kappa shape index (κ1) is 11.9. The van der Waals surface area contributed by atoms with Crippen molar-refractivity contribution < 1.29 is 14.3 Å². The van der Waals surface area contributed by atoms with Crippen LogP contribution >= 0.6 is 0 Å². The Labute approximate surface area is 117 Å². The zero-order chi connectivity index (χ0) is 13.9. The van der Waals surface area contributed by atoms with Gasteiger partial charge in [0.15, 0.2) is 5.78 Å². The van der Waals surface area contributed by atoms with Crippen molar-refractivity contribution in [2.75, 3.05) is 7.11 Å². The predicted octanol–water partition coefficient (Wildman–Crippen LogP) is 2.02. The number of ether oxygens (including phenoxy) is 1. The molecule has 1 N–H and O–H groups in total. The third-order valence-corrected chi connectivity index (χ3v) is 5.26. The first-order valence-electron chi connectivity index (χ1n) is 7.22. The van der Waals surface area contributed by atoms with Gasteiger partial charge in [0.25, 0.3) is 0 Å². The molecule has 0 aromatic heterocycles. The van der Waals surface area contributed by atoms with Crippen molar-refractivity contribution in [1.29, 1.82) is 0 Å². The number of methoxy groups -OCH3 is 1. The van der Waals surface area contributed by atoms with E-state index in [1.807, 2.05) is 12.1 Å². The second-order valence-electron chi connectivity index (χ2n) is 6.07. The molecule has 1 heterocycles. The molecule has 4 nitrogen and oxygen atoms in total. The number of carbonyl (C=O) groups excluding carboxylic acids is 2. The Kier molecular flexibility index (Phi) is 2.29. The molecule has 1 aliphatic heterocycles. The minimum Gasteiger partial charge on any atom is -0.497 e. The van der Waals surface area contributed by atoms with Gasteiger partial charge in [-0.3, -0.25) is 9.59 Å². The number of amides is 1. The molecule has 1 amide bonds. The van der Waals surface area contributed by atoms with Crippen LogP contribution in [0, 0.1) is 11.8 Å². The molecule has 104 valence electrons. The van der Waals surface area contributed by atoms with E-state index in [0.717, 1.165) is 37.0 Å². The maximum atomic E-state index is 12.6. The van der Waals surface area contributed by atoms with Crippen LogP contribution in [0.15, 0.2) is 18.2 Å². The van der Waals surface area contributed by atoms with Crippen molar-refractivity contribution in [3.8, 4) is 5.75 Å². The molecule has 0 radical (unpaired) electrons. The highest BCUT2D eigenvalue weighted by Crippen LogP contribution is 2.54. The van der Waals surface area contributed by atoms with Crippen molar-refractivity contribution in [2.24, 2.45) is 11.8 Å². The summed E-state index contributed by atoms with van der Waals surface area (Å²) in [5, 5.41) is 3.15. The van der Waals surface area contributed by atoms with Crippen LogP contribution in [0.25, 0.3) is 0 Å². The van der Waals surface area contributed by atoms with Gasteiger partial charge in [0.05, 0.1) is 12.6 Å². The van der Waals surface area contributed by atoms with E-state index < -0.39 is 5.92 Å². The van der Waals surface area contributed by atoms with Crippen molar-refractivity contribution in [1.82, 2.24) is 5.32 Å². The summed E-state index contributed by atoms with van der Waals surface area (Å²) in [7, 11) is 1.62. The lowest BCUT2D eigenvalue weighted by molar-refractivity contribution is -0.121. The van der Waals surface area contributed by atoms with Crippen molar-refractivity contribution >= 4 is 11.7 Å². The fraction of sp³-hybridized carbons (Fsp3) is 0.500. The minimum atomic E-state index is -0.476. The van der Waals surface area contributed by atoms with Crippen molar-refractivity contribution in [3.05, 3.63) is 29.3 Å². The van der Waals surface area contributed by atoms with Crippen LogP contribution in [0.5, 0.6) is 5.75 Å². The average Bonchev–Trinajstić information content (AvgIpc) is 2.74. The smallest absolute Gasteiger partial charge is 0.232 e. The Bertz CT molecular complexity index is 624. The number of nitrogens with one attached hydrogen (secondary N) is 1. The monoisotopic (exact) mass is 271 g/mol. The largest absolute Gasteiger partial charge is 0.497 e. The highest BCUT2D eigenvalue weighted by atomic mass is 16.5. The number of ketones is 1. The van der Waals surface area contributed by atoms with E-state index in [1.54, 1.807) is 13.2 Å². The Morgan fingerprint density at radius 2 is 2.15 bits per heavy atom. The van der Waals surface area contributed by atoms with Gasteiger partial charge in [-0.1, -0.05) is 12.8 Å². The van der Waals surface area contributed by atoms with Gasteiger partial charge >= 0.3 is 0 Å². The third-order valence-electron chi connectivity index (χ3n) is 5.26. The van der Waals surface area contributed by atoms with Crippen molar-refractivity contribution in [2.45, 2.75) is 31.2 Å². The summed E-state index contributed by atoms with van der Waals surface area (Å²) in [5.41, 5.74) is 1.33. The van der Waals surface area contributed by atoms with Gasteiger partial charge in [0.1, 0.15) is 11.7 Å². The molecule has 2 bridgehead atoms. The van der Waals surface area contributed by atoms with Gasteiger partial charge in [-0.2, -0.15) is 0 Å². The molecular formula is C16H17NO3. The van der Waals surface area contributed by atoms with Gasteiger partial charge < -0.3 is 10.1 Å². The van der Waals surface area contributed by atoms with E-state index in [2.05, 4.69) is 5.32 Å². The van der Waals surface area contributed by atoms with Crippen LogP contribution in [0.1, 0.15) is 41.6 Å². The summed E-state index contributed by atoms with van der Waals surface area (Å²) < 4.78 is 5.30. The molecule has 1 aromatic carbocycles. The van der Waals surface area contributed by atoms with E-state index in [0.29, 0.717) is 5.56 Å². The Balaban J connectivity index is 1.98. The number of hydrogen-bond acceptors (Lipinski definition) is 3. The molecule has 2 fully saturated rings. The highest BCUT2D eigenvalue weighted by Gasteiger charge is 2.61. The van der Waals surface area contributed by atoms with Crippen LogP contribution in [-0.4, -0.2) is 18.8 Å². The van der Waals surface area contributed by atoms with Gasteiger partial charge in [0.2, 0.25) is 5.91 Å². The number of hydrogen-bond donors (Lipinski definition) is 1. The predicted molar refractivity (Wildman–Crippen MR) is 72.6 cm³/mol. The third kappa shape index (κ3) is 1.27. The molecule has 1 aromatic rings. The van der Waals surface area contributed by atoms with Crippen LogP contribution in [-0.2, 0) is 10.3 Å². The second-order valence-corrected chi connectivity index (χ2v) is 6.07. The van der Waals surface area contributed by atoms with Crippen LogP contribution in [0.3, 0.4) is 0 Å². The number of Topliss-reactive ketones (excluding diaryl/α,β-unsaturated/α-hetero) is 1. The normalized spacial score (nSPS) is 34.2. The summed E-state index contributed by atoms with van der Waals surface area (Å²) in [5.74, 6) is 0.291. The fourth-order valence-electron chi connectivity index (χ4n) is 4.39. The fourth-order valence-corrected chi connectivity index (χ4v) is 4.39. The number of carbonyl (C=O) groups is 2. The maximum absolute atomic E-state index is 12.6. The first-order chi connectivity index (χ1) is 9.67. The lowest BCUT2D eigenvalue weighted by Crippen LogP contribution is -2.48. The molecule has 3 unspecified atom stereocenters. The molecule has 3 atom stereocenters. The molecule has 4 heteroatoms. The van der Waals surface area contributed by atoms with E-state index >= 15 is 0 Å². The summed E-state index contributed by atoms with van der Waals surface area (Å²) in [6.07, 6.45) is 4.07. The summed E-state index contributed by atoms with van der Waals surface area (Å²) in [4.78, 5) is 24.9. The Morgan fingerprint density at radius 1 is 1.30 bits per heavy atom. The molecule has 3 aliphatic rings. The Hall–Kier alpha value is -1.84. The molecule has 20 heavy (non-hydrogen) atoms. The standard InChI is InChI=1S/C16H17NO3/c1-20-9-5-6-10-12(8-9)16-7-3-2-4-11(16)13(14(10)18)15(19)17-16/h5-6,8,11,13H,2-4,7H2,1H3,(H,17,19). The van der Waals surface area contributed by atoms with Crippen molar-refractivity contribution in [3.63, 3.8) is 0 Å². The quantitative estimate of drug-likeness (QED) is 0.795. The minimum absolute atomic E-state index is 0.0137. The van der Waals surface area contributed by atoms with Crippen LogP contribution in [0.4, 0.5) is 0 Å². The zero-order valence-corrected chi connectivity index (χ0v) is 11.4. The lowest BCUT2D eigenvalue weighted by Gasteiger charge is -2.44. The molecule has 1 saturated heterocycles. The van der Waals surface area contributed by atoms with E-state index in [4.69, 9.17) is 4.74 Å². The molecule has 4 rings (SSSR count). The summed E-state index contributed by atoms with van der Waals surface area (Å²) in [6, 6.07) is 5.56. The Morgan fingerprint density at radius 3 is 2.95 bits per heavy atom. The molecule has 0 spiro atoms. The summed E-state index contributed by atoms with van der Waals surface area (Å²) >= 11 is 0. The lowest BCUT2D eigenvalue weighted by atomic mass is 9.61. The molecular weight excluding hydrogens is 254 g/mol. The van der Waals surface area contributed by atoms with E-state index in [-0.39, 0.29) is 23.1 Å². The van der Waals surface area contributed by atoms with Gasteiger partial charge in [-0.25, -0.2) is 0 Å². The highest BCUT2D eigenvalue weighted by molar-refractivity contribution is 6.15. The summed E-state index contributed by atoms with van der Waals surface area (Å²) in [6.45, 7) is 0. The van der Waals surface area contributed by atoms with Crippen LogP contribution in [0.2, 0.25) is 0 Å². The van der Waals surface area contributed by atoms with E-state index in [1.165, 1.54) is 0 Å². The zero-order valence-electron chi connectivity index (χ0n) is 11.4.